The van der Waals surface area contributed by atoms with Gasteiger partial charge in [-0.15, -0.1) is 11.3 Å². The van der Waals surface area contributed by atoms with Gasteiger partial charge in [-0.25, -0.2) is 8.42 Å². The summed E-state index contributed by atoms with van der Waals surface area (Å²) in [6.07, 6.45) is 0. The van der Waals surface area contributed by atoms with Gasteiger partial charge in [0.1, 0.15) is 16.5 Å². The monoisotopic (exact) mass is 369 g/mol. The molecule has 0 bridgehead atoms. The zero-order valence-corrected chi connectivity index (χ0v) is 15.3. The minimum absolute atomic E-state index is 0.148. The molecule has 0 atom stereocenters. The standard InChI is InChI=1S/C16H19NO5S2/c1-4-22-15(18)11-17(24(19,20)16-6-5-9-23-16)13-10-12(2)7-8-14(13)21-3/h5-10H,4,11H2,1-3H3. The Morgan fingerprint density at radius 2 is 2.04 bits per heavy atom. The van der Waals surface area contributed by atoms with E-state index in [1.54, 1.807) is 30.5 Å². The summed E-state index contributed by atoms with van der Waals surface area (Å²) in [6.45, 7) is 3.26. The number of sulfonamides is 1. The number of hydrogen-bond acceptors (Lipinski definition) is 6. The van der Waals surface area contributed by atoms with Gasteiger partial charge in [0.2, 0.25) is 0 Å². The molecule has 6 nitrogen and oxygen atoms in total. The van der Waals surface area contributed by atoms with E-state index in [1.807, 2.05) is 13.0 Å². The number of ether oxygens (including phenoxy) is 2. The molecule has 1 aromatic heterocycles. The molecule has 2 rings (SSSR count). The number of aryl methyl sites for hydroxylation is 1. The number of anilines is 1. The number of hydrogen-bond donors (Lipinski definition) is 0. The number of nitrogens with zero attached hydrogens (tertiary/aromatic N) is 1. The summed E-state index contributed by atoms with van der Waals surface area (Å²) in [5.41, 5.74) is 1.15. The van der Waals surface area contributed by atoms with Crippen molar-refractivity contribution in [1.82, 2.24) is 0 Å². The van der Waals surface area contributed by atoms with Crippen LogP contribution in [0.1, 0.15) is 12.5 Å². The lowest BCUT2D eigenvalue weighted by molar-refractivity contribution is -0.141. The molecule has 0 aliphatic heterocycles. The van der Waals surface area contributed by atoms with Gasteiger partial charge in [-0.3, -0.25) is 9.10 Å². The molecule has 0 amide bonds. The third-order valence-corrected chi connectivity index (χ3v) is 6.35. The van der Waals surface area contributed by atoms with Crippen LogP contribution in [0.5, 0.6) is 5.75 Å². The number of methoxy groups -OCH3 is 1. The number of carbonyl (C=O) groups is 1. The first-order chi connectivity index (χ1) is 11.4. The zero-order valence-electron chi connectivity index (χ0n) is 13.7. The third kappa shape index (κ3) is 3.88. The summed E-state index contributed by atoms with van der Waals surface area (Å²) in [5.74, 6) is -0.258. The molecule has 8 heteroatoms. The second-order valence-electron chi connectivity index (χ2n) is 4.92. The SMILES string of the molecule is CCOC(=O)CN(c1cc(C)ccc1OC)S(=O)(=O)c1cccs1. The van der Waals surface area contributed by atoms with Gasteiger partial charge in [-0.1, -0.05) is 12.1 Å². The van der Waals surface area contributed by atoms with Crippen molar-refractivity contribution >= 4 is 33.0 Å². The summed E-state index contributed by atoms with van der Waals surface area (Å²) in [6, 6.07) is 8.30. The lowest BCUT2D eigenvalue weighted by Gasteiger charge is -2.24. The Bertz CT molecular complexity index is 800. The smallest absolute Gasteiger partial charge is 0.326 e. The van der Waals surface area contributed by atoms with Crippen LogP contribution in [-0.2, 0) is 19.6 Å². The van der Waals surface area contributed by atoms with Crippen LogP contribution in [0.4, 0.5) is 5.69 Å². The largest absolute Gasteiger partial charge is 0.495 e. The normalized spacial score (nSPS) is 11.1. The fourth-order valence-electron chi connectivity index (χ4n) is 2.14. The molecule has 0 saturated heterocycles. The van der Waals surface area contributed by atoms with Gasteiger partial charge in [0.05, 0.1) is 19.4 Å². The van der Waals surface area contributed by atoms with Crippen LogP contribution in [0, 0.1) is 6.92 Å². The minimum Gasteiger partial charge on any atom is -0.495 e. The van der Waals surface area contributed by atoms with E-state index in [9.17, 15) is 13.2 Å². The van der Waals surface area contributed by atoms with Gasteiger partial charge in [-0.2, -0.15) is 0 Å². The van der Waals surface area contributed by atoms with E-state index in [1.165, 1.54) is 13.2 Å². The van der Waals surface area contributed by atoms with E-state index in [4.69, 9.17) is 9.47 Å². The van der Waals surface area contributed by atoms with Crippen molar-refractivity contribution in [2.24, 2.45) is 0 Å². The van der Waals surface area contributed by atoms with Gasteiger partial charge in [0.15, 0.2) is 0 Å². The van der Waals surface area contributed by atoms with Crippen molar-refractivity contribution in [1.29, 1.82) is 0 Å². The highest BCUT2D eigenvalue weighted by molar-refractivity contribution is 7.94. The van der Waals surface area contributed by atoms with Gasteiger partial charge in [0, 0.05) is 0 Å². The maximum atomic E-state index is 13.0. The van der Waals surface area contributed by atoms with Gasteiger partial charge < -0.3 is 9.47 Å². The molecule has 24 heavy (non-hydrogen) atoms. The number of benzene rings is 1. The van der Waals surface area contributed by atoms with Crippen molar-refractivity contribution < 1.29 is 22.7 Å². The molecule has 0 radical (unpaired) electrons. The van der Waals surface area contributed by atoms with Crippen molar-refractivity contribution in [3.05, 3.63) is 41.3 Å². The van der Waals surface area contributed by atoms with E-state index < -0.39 is 22.5 Å². The molecule has 0 aliphatic rings. The first kappa shape index (κ1) is 18.3. The van der Waals surface area contributed by atoms with E-state index in [-0.39, 0.29) is 10.8 Å². The predicted molar refractivity (Wildman–Crippen MR) is 93.2 cm³/mol. The molecule has 0 spiro atoms. The highest BCUT2D eigenvalue weighted by atomic mass is 32.2. The fourth-order valence-corrected chi connectivity index (χ4v) is 4.65. The average Bonchev–Trinajstić information content (AvgIpc) is 3.08. The Balaban J connectivity index is 2.56. The van der Waals surface area contributed by atoms with Crippen LogP contribution >= 0.6 is 11.3 Å². The molecule has 0 N–H and O–H groups in total. The average molecular weight is 369 g/mol. The maximum absolute atomic E-state index is 13.0. The van der Waals surface area contributed by atoms with Crippen LogP contribution < -0.4 is 9.04 Å². The molecule has 0 fully saturated rings. The summed E-state index contributed by atoms with van der Waals surface area (Å²) < 4.78 is 37.4. The zero-order chi connectivity index (χ0) is 17.7. The summed E-state index contributed by atoms with van der Waals surface area (Å²) in [7, 11) is -2.45. The Kier molecular flexibility index (Phi) is 5.84. The van der Waals surface area contributed by atoms with E-state index in [2.05, 4.69) is 0 Å². The summed E-state index contributed by atoms with van der Waals surface area (Å²) in [4.78, 5) is 12.0. The third-order valence-electron chi connectivity index (χ3n) is 3.22. The Hall–Kier alpha value is -2.06. The lowest BCUT2D eigenvalue weighted by Crippen LogP contribution is -2.36. The number of thiophene rings is 1. The van der Waals surface area contributed by atoms with Crippen molar-refractivity contribution in [3.8, 4) is 5.75 Å². The van der Waals surface area contributed by atoms with E-state index in [0.29, 0.717) is 11.4 Å². The van der Waals surface area contributed by atoms with Gasteiger partial charge in [-0.05, 0) is 43.0 Å². The van der Waals surface area contributed by atoms with E-state index >= 15 is 0 Å². The molecular formula is C16H19NO5S2. The van der Waals surface area contributed by atoms with Crippen molar-refractivity contribution in [2.75, 3.05) is 24.6 Å². The highest BCUT2D eigenvalue weighted by Gasteiger charge is 2.30. The molecule has 0 unspecified atom stereocenters. The quantitative estimate of drug-likeness (QED) is 0.702. The van der Waals surface area contributed by atoms with Crippen LogP contribution in [0.15, 0.2) is 39.9 Å². The molecule has 2 aromatic rings. The van der Waals surface area contributed by atoms with Crippen molar-refractivity contribution in [2.45, 2.75) is 18.1 Å². The fraction of sp³-hybridized carbons (Fsp3) is 0.312. The van der Waals surface area contributed by atoms with Crippen LogP contribution in [-0.4, -0.2) is 34.6 Å². The maximum Gasteiger partial charge on any atom is 0.326 e. The topological polar surface area (TPSA) is 72.9 Å². The second-order valence-corrected chi connectivity index (χ2v) is 7.96. The molecule has 0 saturated carbocycles. The highest BCUT2D eigenvalue weighted by Crippen LogP contribution is 2.34. The first-order valence-electron chi connectivity index (χ1n) is 7.26. The van der Waals surface area contributed by atoms with E-state index in [0.717, 1.165) is 21.2 Å². The first-order valence-corrected chi connectivity index (χ1v) is 9.58. The van der Waals surface area contributed by atoms with Crippen LogP contribution in [0.3, 0.4) is 0 Å². The van der Waals surface area contributed by atoms with Crippen molar-refractivity contribution in [3.63, 3.8) is 0 Å². The molecule has 130 valence electrons. The number of esters is 1. The van der Waals surface area contributed by atoms with Crippen LogP contribution in [0.25, 0.3) is 0 Å². The molecule has 1 heterocycles. The van der Waals surface area contributed by atoms with Gasteiger partial charge in [0.25, 0.3) is 10.0 Å². The van der Waals surface area contributed by atoms with Crippen LogP contribution in [0.2, 0.25) is 0 Å². The molecule has 1 aromatic carbocycles. The number of rotatable bonds is 7. The Morgan fingerprint density at radius 1 is 1.29 bits per heavy atom. The Labute approximate surface area is 145 Å². The predicted octanol–water partition coefficient (Wildman–Crippen LogP) is 2.82. The molecule has 0 aliphatic carbocycles. The summed E-state index contributed by atoms with van der Waals surface area (Å²) >= 11 is 1.09. The van der Waals surface area contributed by atoms with Gasteiger partial charge >= 0.3 is 5.97 Å². The molecular weight excluding hydrogens is 350 g/mol. The second kappa shape index (κ2) is 7.67. The number of carbonyl (C=O) groups excluding carboxylic acids is 1. The summed E-state index contributed by atoms with van der Waals surface area (Å²) in [5, 5.41) is 1.67. The minimum atomic E-state index is -3.90. The lowest BCUT2D eigenvalue weighted by atomic mass is 10.2. The Morgan fingerprint density at radius 3 is 2.62 bits per heavy atom.